The van der Waals surface area contributed by atoms with Gasteiger partial charge in [0.2, 0.25) is 0 Å². The van der Waals surface area contributed by atoms with Crippen molar-refractivity contribution >= 4 is 23.7 Å². The molecule has 2 aliphatic rings. The largest absolute Gasteiger partial charge is 0.478 e. The van der Waals surface area contributed by atoms with E-state index in [0.717, 1.165) is 6.07 Å². The Morgan fingerprint density at radius 1 is 1.14 bits per heavy atom. The molecule has 0 bridgehead atoms. The molecule has 2 N–H and O–H groups in total. The van der Waals surface area contributed by atoms with Crippen LogP contribution in [-0.2, 0) is 22.5 Å². The number of allylic oxidation sites excluding steroid dienone is 1. The van der Waals surface area contributed by atoms with Crippen LogP contribution in [0, 0.1) is 17.5 Å². The van der Waals surface area contributed by atoms with Crippen LogP contribution in [-0.4, -0.2) is 68.9 Å². The summed E-state index contributed by atoms with van der Waals surface area (Å²) in [6, 6.07) is 1.34. The molecule has 0 radical (unpaired) electrons. The van der Waals surface area contributed by atoms with Crippen molar-refractivity contribution in [3.05, 3.63) is 75.4 Å². The van der Waals surface area contributed by atoms with E-state index in [-0.39, 0.29) is 29.3 Å². The van der Waals surface area contributed by atoms with Crippen molar-refractivity contribution in [3.63, 3.8) is 0 Å². The first-order valence-electron chi connectivity index (χ1n) is 14.7. The van der Waals surface area contributed by atoms with Crippen LogP contribution in [0.4, 0.5) is 18.0 Å². The molecule has 12 heteroatoms. The molecular weight excluding hydrogens is 585 g/mol. The summed E-state index contributed by atoms with van der Waals surface area (Å²) in [7, 11) is 0. The second kappa shape index (κ2) is 17.1. The lowest BCUT2D eigenvalue weighted by Gasteiger charge is -2.37. The molecule has 1 aromatic carbocycles. The average molecular weight is 627 g/mol. The summed E-state index contributed by atoms with van der Waals surface area (Å²) < 4.78 is 46.8. The van der Waals surface area contributed by atoms with E-state index in [1.54, 1.807) is 17.1 Å². The first-order chi connectivity index (χ1) is 20.5. The van der Waals surface area contributed by atoms with Gasteiger partial charge in [0.25, 0.3) is 0 Å². The van der Waals surface area contributed by atoms with Gasteiger partial charge in [-0.15, -0.1) is 0 Å². The molecular formula is C31H42ClF3N4O4. The number of aromatic amines is 1. The molecule has 43 heavy (non-hydrogen) atoms. The molecule has 238 valence electrons. The van der Waals surface area contributed by atoms with E-state index in [0.29, 0.717) is 62.8 Å². The van der Waals surface area contributed by atoms with Gasteiger partial charge < -0.3 is 14.7 Å². The summed E-state index contributed by atoms with van der Waals surface area (Å²) >= 11 is 6.28. The molecule has 0 saturated carbocycles. The number of aromatic nitrogens is 2. The molecule has 0 unspecified atom stereocenters. The summed E-state index contributed by atoms with van der Waals surface area (Å²) in [5, 5.41) is 16.2. The predicted octanol–water partition coefficient (Wildman–Crippen LogP) is 7.28. The Bertz CT molecular complexity index is 1290. The fraction of sp³-hybridized carbons (Fsp3) is 0.516. The Balaban J connectivity index is 0.00000121. The maximum Gasteiger partial charge on any atom is 0.410 e. The number of nitrogens with one attached hydrogen (secondary N) is 1. The van der Waals surface area contributed by atoms with Crippen LogP contribution in [0.15, 0.2) is 35.9 Å². The number of hydrogen-bond donors (Lipinski definition) is 2. The molecule has 0 atom stereocenters. The highest BCUT2D eigenvalue weighted by Gasteiger charge is 2.46. The average Bonchev–Trinajstić information content (AvgIpc) is 3.47. The molecule has 4 rings (SSSR count). The Labute approximate surface area is 256 Å². The SMILES string of the molecule is CC.CC/C=C(\C=C/CN1CC2(CCN(Cc3c(Cl)n[nH]c3Cc3cc(F)c(F)cc3F)CC2)OC1=O)C(=O)O.CCC. The van der Waals surface area contributed by atoms with Crippen molar-refractivity contribution in [1.29, 1.82) is 0 Å². The standard InChI is InChI=1S/C26H28ClF3N4O4.C3H8.C2H6/c1-2-4-16(24(35)36)5-3-8-34-15-26(38-25(34)37)6-9-33(10-7-26)14-18-22(31-32-23(18)27)12-17-11-20(29)21(30)13-19(17)28;1-3-2;1-2/h3-5,11,13H,2,6-10,12,14-15H2,1H3,(H,31,32)(H,35,36);3H2,1-2H3;1-2H3/b5-3-,16-4+;;. The number of hydrogen-bond acceptors (Lipinski definition) is 5. The van der Waals surface area contributed by atoms with E-state index >= 15 is 0 Å². The van der Waals surface area contributed by atoms with Gasteiger partial charge in [0, 0.05) is 62.8 Å². The summed E-state index contributed by atoms with van der Waals surface area (Å²) in [6.45, 7) is 12.3. The van der Waals surface area contributed by atoms with Crippen LogP contribution < -0.4 is 0 Å². The maximum atomic E-state index is 14.2. The number of benzene rings is 1. The van der Waals surface area contributed by atoms with E-state index in [1.807, 2.05) is 20.8 Å². The number of carboxylic acids is 1. The van der Waals surface area contributed by atoms with Crippen LogP contribution in [0.3, 0.4) is 0 Å². The highest BCUT2D eigenvalue weighted by atomic mass is 35.5. The number of amides is 1. The lowest BCUT2D eigenvalue weighted by molar-refractivity contribution is -0.132. The van der Waals surface area contributed by atoms with E-state index in [4.69, 9.17) is 16.3 Å². The number of H-pyrrole nitrogens is 1. The number of aliphatic carboxylic acids is 1. The van der Waals surface area contributed by atoms with Crippen molar-refractivity contribution in [1.82, 2.24) is 20.0 Å². The van der Waals surface area contributed by atoms with Crippen molar-refractivity contribution in [2.45, 2.75) is 78.9 Å². The highest BCUT2D eigenvalue weighted by molar-refractivity contribution is 6.30. The summed E-state index contributed by atoms with van der Waals surface area (Å²) in [4.78, 5) is 27.4. The number of carbonyl (C=O) groups excluding carboxylic acids is 1. The molecule has 3 heterocycles. The van der Waals surface area contributed by atoms with Crippen molar-refractivity contribution in [3.8, 4) is 0 Å². The molecule has 1 amide bonds. The zero-order valence-electron chi connectivity index (χ0n) is 25.5. The van der Waals surface area contributed by atoms with Crippen molar-refractivity contribution in [2.24, 2.45) is 0 Å². The smallest absolute Gasteiger partial charge is 0.410 e. The lowest BCUT2D eigenvalue weighted by Crippen LogP contribution is -2.46. The van der Waals surface area contributed by atoms with E-state index < -0.39 is 35.1 Å². The Kier molecular flexibility index (Phi) is 14.3. The highest BCUT2D eigenvalue weighted by Crippen LogP contribution is 2.34. The molecule has 2 saturated heterocycles. The normalized spacial score (nSPS) is 16.5. The molecule has 1 aromatic heterocycles. The number of piperidine rings is 1. The number of nitrogens with zero attached hydrogens (tertiary/aromatic N) is 3. The van der Waals surface area contributed by atoms with Crippen molar-refractivity contribution in [2.75, 3.05) is 26.2 Å². The third-order valence-electron chi connectivity index (χ3n) is 6.84. The third-order valence-corrected chi connectivity index (χ3v) is 7.16. The number of halogens is 4. The molecule has 2 aliphatic heterocycles. The topological polar surface area (TPSA) is 98.8 Å². The van der Waals surface area contributed by atoms with Gasteiger partial charge in [0.1, 0.15) is 11.4 Å². The van der Waals surface area contributed by atoms with Gasteiger partial charge >= 0.3 is 12.1 Å². The quantitative estimate of drug-likeness (QED) is 0.172. The van der Waals surface area contributed by atoms with Gasteiger partial charge in [-0.05, 0) is 18.1 Å². The Hall–Kier alpha value is -3.31. The molecule has 2 fully saturated rings. The minimum Gasteiger partial charge on any atom is -0.478 e. The second-order valence-electron chi connectivity index (χ2n) is 10.2. The Morgan fingerprint density at radius 2 is 1.77 bits per heavy atom. The van der Waals surface area contributed by atoms with Gasteiger partial charge in [-0.25, -0.2) is 22.8 Å². The monoisotopic (exact) mass is 626 g/mol. The maximum absolute atomic E-state index is 14.2. The van der Waals surface area contributed by atoms with E-state index in [2.05, 4.69) is 28.9 Å². The predicted molar refractivity (Wildman–Crippen MR) is 160 cm³/mol. The summed E-state index contributed by atoms with van der Waals surface area (Å²) in [5.74, 6) is -4.27. The van der Waals surface area contributed by atoms with Crippen LogP contribution in [0.1, 0.15) is 77.1 Å². The Morgan fingerprint density at radius 3 is 2.37 bits per heavy atom. The minimum absolute atomic E-state index is 0.0178. The fourth-order valence-electron chi connectivity index (χ4n) is 4.76. The van der Waals surface area contributed by atoms with Crippen LogP contribution in [0.25, 0.3) is 0 Å². The van der Waals surface area contributed by atoms with Crippen LogP contribution >= 0.6 is 11.6 Å². The zero-order chi connectivity index (χ0) is 32.2. The first kappa shape index (κ1) is 35.9. The molecule has 2 aromatic rings. The third kappa shape index (κ3) is 9.86. The van der Waals surface area contributed by atoms with Crippen LogP contribution in [0.2, 0.25) is 5.15 Å². The summed E-state index contributed by atoms with van der Waals surface area (Å²) in [5.41, 5.74) is 0.664. The van der Waals surface area contributed by atoms with Crippen LogP contribution in [0.5, 0.6) is 0 Å². The first-order valence-corrected chi connectivity index (χ1v) is 15.1. The van der Waals surface area contributed by atoms with Gasteiger partial charge in [0.15, 0.2) is 16.8 Å². The number of ether oxygens (including phenoxy) is 1. The molecule has 8 nitrogen and oxygen atoms in total. The zero-order valence-corrected chi connectivity index (χ0v) is 26.2. The van der Waals surface area contributed by atoms with Crippen molar-refractivity contribution < 1.29 is 32.6 Å². The number of likely N-dealkylation sites (tertiary alicyclic amines) is 1. The van der Waals surface area contributed by atoms with Gasteiger partial charge in [-0.3, -0.25) is 10.00 Å². The molecule has 1 spiro atoms. The second-order valence-corrected chi connectivity index (χ2v) is 10.6. The van der Waals surface area contributed by atoms with Gasteiger partial charge in [-0.1, -0.05) is 70.9 Å². The lowest BCUT2D eigenvalue weighted by atomic mass is 9.91. The number of carboxylic acid groups (broad SMARTS) is 1. The number of carbonyl (C=O) groups is 2. The molecule has 0 aliphatic carbocycles. The fourth-order valence-corrected chi connectivity index (χ4v) is 4.98. The van der Waals surface area contributed by atoms with E-state index in [1.165, 1.54) is 12.5 Å². The van der Waals surface area contributed by atoms with Gasteiger partial charge in [-0.2, -0.15) is 5.10 Å². The van der Waals surface area contributed by atoms with E-state index in [9.17, 15) is 27.9 Å². The summed E-state index contributed by atoms with van der Waals surface area (Å²) in [6.07, 6.45) is 7.26. The number of rotatable bonds is 9. The van der Waals surface area contributed by atoms with Gasteiger partial charge in [0.05, 0.1) is 12.1 Å². The minimum atomic E-state index is -1.25.